The Bertz CT molecular complexity index is 867. The molecule has 2 amide bonds. The summed E-state index contributed by atoms with van der Waals surface area (Å²) in [6.45, 7) is 3.70. The van der Waals surface area contributed by atoms with Gasteiger partial charge in [0, 0.05) is 38.2 Å². The molecule has 0 spiro atoms. The van der Waals surface area contributed by atoms with E-state index in [0.717, 1.165) is 16.9 Å². The monoisotopic (exact) mass is 396 g/mol. The topological polar surface area (TPSA) is 67.9 Å². The van der Waals surface area contributed by atoms with Crippen LogP contribution in [0.3, 0.4) is 0 Å². The second-order valence-corrected chi connectivity index (χ2v) is 7.30. The highest BCUT2D eigenvalue weighted by Gasteiger charge is 2.40. The maximum absolute atomic E-state index is 13.1. The molecule has 0 saturated carbocycles. The van der Waals surface area contributed by atoms with E-state index in [1.807, 2.05) is 55.5 Å². The van der Waals surface area contributed by atoms with E-state index in [1.165, 1.54) is 0 Å². The number of ether oxygens (including phenoxy) is 2. The molecule has 6 nitrogen and oxygen atoms in total. The molecule has 0 aliphatic carbocycles. The van der Waals surface area contributed by atoms with Crippen LogP contribution in [0, 0.1) is 12.8 Å². The first kappa shape index (κ1) is 20.9. The van der Waals surface area contributed by atoms with E-state index in [4.69, 9.17) is 9.47 Å². The molecule has 1 N–H and O–H groups in total. The molecule has 2 atom stereocenters. The zero-order chi connectivity index (χ0) is 20.8. The van der Waals surface area contributed by atoms with E-state index in [9.17, 15) is 9.59 Å². The lowest BCUT2D eigenvalue weighted by Gasteiger charge is -2.18. The van der Waals surface area contributed by atoms with Crippen molar-refractivity contribution in [2.45, 2.75) is 12.8 Å². The minimum absolute atomic E-state index is 0.0387. The molecule has 29 heavy (non-hydrogen) atoms. The largest absolute Gasteiger partial charge is 0.497 e. The lowest BCUT2D eigenvalue weighted by molar-refractivity contribution is -0.125. The van der Waals surface area contributed by atoms with Crippen LogP contribution in [0.25, 0.3) is 0 Å². The molecule has 1 aliphatic heterocycles. The van der Waals surface area contributed by atoms with Gasteiger partial charge in [0.1, 0.15) is 5.75 Å². The van der Waals surface area contributed by atoms with Crippen LogP contribution in [0.5, 0.6) is 5.75 Å². The summed E-state index contributed by atoms with van der Waals surface area (Å²) in [5.74, 6) is 0.218. The van der Waals surface area contributed by atoms with Crippen LogP contribution in [0.15, 0.2) is 48.5 Å². The maximum Gasteiger partial charge on any atom is 0.254 e. The predicted octanol–water partition coefficient (Wildman–Crippen LogP) is 2.62. The fourth-order valence-electron chi connectivity index (χ4n) is 3.84. The van der Waals surface area contributed by atoms with Crippen LogP contribution < -0.4 is 10.1 Å². The molecule has 1 fully saturated rings. The molecule has 2 aromatic rings. The van der Waals surface area contributed by atoms with Gasteiger partial charge in [-0.3, -0.25) is 9.59 Å². The van der Waals surface area contributed by atoms with Gasteiger partial charge in [0.2, 0.25) is 5.91 Å². The Kier molecular flexibility index (Phi) is 6.88. The van der Waals surface area contributed by atoms with Crippen LogP contribution >= 0.6 is 0 Å². The number of benzene rings is 2. The van der Waals surface area contributed by atoms with Crippen molar-refractivity contribution in [1.29, 1.82) is 0 Å². The summed E-state index contributed by atoms with van der Waals surface area (Å²) in [4.78, 5) is 27.8. The number of nitrogens with one attached hydrogen (secondary N) is 1. The zero-order valence-corrected chi connectivity index (χ0v) is 17.2. The first-order valence-corrected chi connectivity index (χ1v) is 9.80. The third-order valence-electron chi connectivity index (χ3n) is 5.45. The van der Waals surface area contributed by atoms with Crippen molar-refractivity contribution in [1.82, 2.24) is 10.2 Å². The van der Waals surface area contributed by atoms with Crippen molar-refractivity contribution in [3.8, 4) is 5.75 Å². The summed E-state index contributed by atoms with van der Waals surface area (Å²) in [7, 11) is 3.22. The molecule has 3 rings (SSSR count). The highest BCUT2D eigenvalue weighted by atomic mass is 16.5. The van der Waals surface area contributed by atoms with Gasteiger partial charge in [-0.1, -0.05) is 30.3 Å². The third kappa shape index (κ3) is 4.77. The Hall–Kier alpha value is -2.86. The molecule has 1 aliphatic rings. The average molecular weight is 396 g/mol. The molecule has 0 aromatic heterocycles. The standard InChI is InChI=1S/C23H28N2O4/c1-16-7-4-5-10-19(16)23(27)25-14-20(17-8-6-9-18(13-17)29-3)21(15-25)22(26)24-11-12-28-2/h4-10,13,20-21H,11-12,14-15H2,1-3H3,(H,24,26)/t20-,21+/m0/s1. The van der Waals surface area contributed by atoms with Crippen molar-refractivity contribution in [3.05, 3.63) is 65.2 Å². The highest BCUT2D eigenvalue weighted by molar-refractivity contribution is 5.96. The first-order chi connectivity index (χ1) is 14.0. The van der Waals surface area contributed by atoms with E-state index in [2.05, 4.69) is 5.32 Å². The van der Waals surface area contributed by atoms with Gasteiger partial charge in [-0.15, -0.1) is 0 Å². The normalized spacial score (nSPS) is 18.5. The van der Waals surface area contributed by atoms with Gasteiger partial charge >= 0.3 is 0 Å². The van der Waals surface area contributed by atoms with E-state index in [1.54, 1.807) is 19.1 Å². The number of hydrogen-bond donors (Lipinski definition) is 1. The number of nitrogens with zero attached hydrogens (tertiary/aromatic N) is 1. The van der Waals surface area contributed by atoms with Crippen molar-refractivity contribution in [3.63, 3.8) is 0 Å². The Balaban J connectivity index is 1.86. The summed E-state index contributed by atoms with van der Waals surface area (Å²) in [5.41, 5.74) is 2.61. The average Bonchev–Trinajstić information content (AvgIpc) is 3.19. The molecular formula is C23H28N2O4. The van der Waals surface area contributed by atoms with Gasteiger partial charge in [0.05, 0.1) is 19.6 Å². The molecule has 1 saturated heterocycles. The van der Waals surface area contributed by atoms with Gasteiger partial charge in [-0.2, -0.15) is 0 Å². The summed E-state index contributed by atoms with van der Waals surface area (Å²) in [5, 5.41) is 2.93. The van der Waals surface area contributed by atoms with Crippen LogP contribution in [0.1, 0.15) is 27.4 Å². The number of methoxy groups -OCH3 is 2. The van der Waals surface area contributed by atoms with Gasteiger partial charge in [0.15, 0.2) is 0 Å². The number of rotatable bonds is 7. The second kappa shape index (κ2) is 9.56. The molecule has 1 heterocycles. The van der Waals surface area contributed by atoms with Gasteiger partial charge in [0.25, 0.3) is 5.91 Å². The zero-order valence-electron chi connectivity index (χ0n) is 17.2. The Morgan fingerprint density at radius 1 is 1.10 bits per heavy atom. The Labute approximate surface area is 171 Å². The SMILES string of the molecule is COCCNC(=O)[C@@H]1CN(C(=O)c2ccccc2C)C[C@H]1c1cccc(OC)c1. The lowest BCUT2D eigenvalue weighted by atomic mass is 9.88. The molecule has 2 aromatic carbocycles. The summed E-state index contributed by atoms with van der Waals surface area (Å²) >= 11 is 0. The summed E-state index contributed by atoms with van der Waals surface area (Å²) < 4.78 is 10.4. The number of amides is 2. The number of carbonyl (C=O) groups is 2. The van der Waals surface area contributed by atoms with Crippen LogP contribution in [0.2, 0.25) is 0 Å². The van der Waals surface area contributed by atoms with Crippen molar-refractivity contribution >= 4 is 11.8 Å². The fraction of sp³-hybridized carbons (Fsp3) is 0.391. The van der Waals surface area contributed by atoms with Gasteiger partial charge < -0.3 is 19.7 Å². The van der Waals surface area contributed by atoms with E-state index < -0.39 is 0 Å². The van der Waals surface area contributed by atoms with E-state index >= 15 is 0 Å². The van der Waals surface area contributed by atoms with Crippen molar-refractivity contribution in [2.24, 2.45) is 5.92 Å². The minimum atomic E-state index is -0.327. The molecule has 154 valence electrons. The number of hydrogen-bond acceptors (Lipinski definition) is 4. The molecule has 0 radical (unpaired) electrons. The predicted molar refractivity (Wildman–Crippen MR) is 111 cm³/mol. The van der Waals surface area contributed by atoms with Gasteiger partial charge in [-0.05, 0) is 36.2 Å². The summed E-state index contributed by atoms with van der Waals surface area (Å²) in [6.07, 6.45) is 0. The Morgan fingerprint density at radius 3 is 2.62 bits per heavy atom. The molecular weight excluding hydrogens is 368 g/mol. The van der Waals surface area contributed by atoms with Crippen molar-refractivity contribution < 1.29 is 19.1 Å². The molecule has 0 unspecified atom stereocenters. The molecule has 6 heteroatoms. The van der Waals surface area contributed by atoms with Crippen LogP contribution in [-0.2, 0) is 9.53 Å². The fourth-order valence-corrected chi connectivity index (χ4v) is 3.84. The van der Waals surface area contributed by atoms with Crippen LogP contribution in [-0.4, -0.2) is 57.2 Å². The number of carbonyl (C=O) groups excluding carboxylic acids is 2. The first-order valence-electron chi connectivity index (χ1n) is 9.80. The smallest absolute Gasteiger partial charge is 0.254 e. The second-order valence-electron chi connectivity index (χ2n) is 7.30. The van der Waals surface area contributed by atoms with Gasteiger partial charge in [-0.25, -0.2) is 0 Å². The van der Waals surface area contributed by atoms with E-state index in [-0.39, 0.29) is 23.7 Å². The third-order valence-corrected chi connectivity index (χ3v) is 5.45. The highest BCUT2D eigenvalue weighted by Crippen LogP contribution is 2.35. The number of aryl methyl sites for hydroxylation is 1. The minimum Gasteiger partial charge on any atom is -0.497 e. The Morgan fingerprint density at radius 2 is 1.90 bits per heavy atom. The van der Waals surface area contributed by atoms with Crippen LogP contribution in [0.4, 0.5) is 0 Å². The quantitative estimate of drug-likeness (QED) is 0.731. The van der Waals surface area contributed by atoms with E-state index in [0.29, 0.717) is 31.8 Å². The maximum atomic E-state index is 13.1. The number of likely N-dealkylation sites (tertiary alicyclic amines) is 1. The lowest BCUT2D eigenvalue weighted by Crippen LogP contribution is -2.37. The summed E-state index contributed by atoms with van der Waals surface area (Å²) in [6, 6.07) is 15.3. The van der Waals surface area contributed by atoms with Crippen molar-refractivity contribution in [2.75, 3.05) is 40.5 Å². The molecule has 0 bridgehead atoms.